The van der Waals surface area contributed by atoms with Gasteiger partial charge in [0.1, 0.15) is 11.4 Å². The normalized spacial score (nSPS) is 17.0. The molecule has 0 aliphatic heterocycles. The van der Waals surface area contributed by atoms with Gasteiger partial charge in [-0.1, -0.05) is 40.0 Å². The summed E-state index contributed by atoms with van der Waals surface area (Å²) in [5.74, 6) is 0.969. The highest BCUT2D eigenvalue weighted by Gasteiger charge is 2.31. The number of anilines is 1. The first-order valence-corrected chi connectivity index (χ1v) is 9.75. The van der Waals surface area contributed by atoms with Gasteiger partial charge in [-0.3, -0.25) is 9.89 Å². The molecule has 0 unspecified atom stereocenters. The number of aromatic nitrogens is 3. The molecule has 4 N–H and O–H groups in total. The zero-order valence-electron chi connectivity index (χ0n) is 16.8. The number of imidazole rings is 1. The standard InChI is InChI=1S/C20H33N5O/c1-19(2,3)12-20(4,5)24-18-15(13-9-7-6-8-10-13)23-17-14(16(21)26)11-22-25(17)18/h11,13,22,24H,6-10,12H2,1-5H3,(H2,21,26). The zero-order chi connectivity index (χ0) is 19.1. The van der Waals surface area contributed by atoms with E-state index in [1.807, 2.05) is 4.52 Å². The molecule has 1 saturated carbocycles. The number of rotatable bonds is 5. The number of H-pyrrole nitrogens is 1. The summed E-state index contributed by atoms with van der Waals surface area (Å²) < 4.78 is 1.90. The molecule has 1 aliphatic carbocycles. The van der Waals surface area contributed by atoms with E-state index < -0.39 is 5.91 Å². The molecule has 2 heterocycles. The highest BCUT2D eigenvalue weighted by molar-refractivity contribution is 5.99. The fourth-order valence-corrected chi connectivity index (χ4v) is 4.59. The molecule has 1 fully saturated rings. The number of aromatic amines is 1. The number of amides is 1. The minimum Gasteiger partial charge on any atom is -0.365 e. The zero-order valence-corrected chi connectivity index (χ0v) is 16.8. The summed E-state index contributed by atoms with van der Waals surface area (Å²) in [6.07, 6.45) is 8.75. The van der Waals surface area contributed by atoms with E-state index in [1.54, 1.807) is 6.20 Å². The Bertz CT molecular complexity index is 787. The van der Waals surface area contributed by atoms with E-state index in [0.717, 1.165) is 30.8 Å². The first-order valence-electron chi connectivity index (χ1n) is 9.75. The second-order valence-corrected chi connectivity index (χ2v) is 9.64. The first kappa shape index (κ1) is 18.8. The Labute approximate surface area is 155 Å². The van der Waals surface area contributed by atoms with Crippen molar-refractivity contribution in [3.63, 3.8) is 0 Å². The van der Waals surface area contributed by atoms with Crippen molar-refractivity contribution in [2.45, 2.75) is 84.6 Å². The maximum absolute atomic E-state index is 11.8. The van der Waals surface area contributed by atoms with Crippen LogP contribution in [0.5, 0.6) is 0 Å². The smallest absolute Gasteiger partial charge is 0.254 e. The monoisotopic (exact) mass is 359 g/mol. The van der Waals surface area contributed by atoms with Crippen LogP contribution in [0.2, 0.25) is 0 Å². The summed E-state index contributed by atoms with van der Waals surface area (Å²) in [6.45, 7) is 11.2. The van der Waals surface area contributed by atoms with Crippen LogP contribution in [0.1, 0.15) is 95.1 Å². The summed E-state index contributed by atoms with van der Waals surface area (Å²) in [7, 11) is 0. The van der Waals surface area contributed by atoms with Crippen molar-refractivity contribution in [1.29, 1.82) is 0 Å². The van der Waals surface area contributed by atoms with Gasteiger partial charge in [-0.2, -0.15) is 0 Å². The number of nitrogens with two attached hydrogens (primary N) is 1. The lowest BCUT2D eigenvalue weighted by Gasteiger charge is -2.34. The molecule has 1 aliphatic rings. The summed E-state index contributed by atoms with van der Waals surface area (Å²) in [4.78, 5) is 16.6. The third-order valence-electron chi connectivity index (χ3n) is 5.17. The number of carbonyl (C=O) groups is 1. The number of primary amides is 1. The Balaban J connectivity index is 2.04. The molecule has 2 aromatic rings. The van der Waals surface area contributed by atoms with Gasteiger partial charge in [0.2, 0.25) is 0 Å². The second kappa shape index (κ2) is 6.63. The molecule has 0 radical (unpaired) electrons. The van der Waals surface area contributed by atoms with Crippen LogP contribution < -0.4 is 11.1 Å². The summed E-state index contributed by atoms with van der Waals surface area (Å²) >= 11 is 0. The van der Waals surface area contributed by atoms with Crippen LogP contribution in [0.25, 0.3) is 5.65 Å². The predicted molar refractivity (Wildman–Crippen MR) is 106 cm³/mol. The molecular weight excluding hydrogens is 326 g/mol. The minimum atomic E-state index is -0.447. The summed E-state index contributed by atoms with van der Waals surface area (Å²) in [5.41, 5.74) is 7.80. The molecule has 0 spiro atoms. The maximum Gasteiger partial charge on any atom is 0.254 e. The number of hydrogen-bond donors (Lipinski definition) is 3. The molecule has 0 bridgehead atoms. The van der Waals surface area contributed by atoms with E-state index in [4.69, 9.17) is 10.7 Å². The average Bonchev–Trinajstić information content (AvgIpc) is 3.05. The summed E-state index contributed by atoms with van der Waals surface area (Å²) in [5, 5.41) is 6.91. The fraction of sp³-hybridized carbons (Fsp3) is 0.700. The quantitative estimate of drug-likeness (QED) is 0.737. The lowest BCUT2D eigenvalue weighted by Crippen LogP contribution is -2.36. The molecule has 1 amide bonds. The van der Waals surface area contributed by atoms with E-state index in [2.05, 4.69) is 45.0 Å². The van der Waals surface area contributed by atoms with Crippen molar-refractivity contribution >= 4 is 17.4 Å². The topological polar surface area (TPSA) is 88.2 Å². The summed E-state index contributed by atoms with van der Waals surface area (Å²) in [6, 6.07) is 0. The van der Waals surface area contributed by atoms with Crippen LogP contribution in [0.4, 0.5) is 5.82 Å². The minimum absolute atomic E-state index is 0.102. The van der Waals surface area contributed by atoms with Gasteiger partial charge in [-0.25, -0.2) is 9.50 Å². The molecule has 144 valence electrons. The van der Waals surface area contributed by atoms with Gasteiger partial charge in [0.15, 0.2) is 5.65 Å². The largest absolute Gasteiger partial charge is 0.365 e. The Hall–Kier alpha value is -1.98. The molecule has 0 saturated heterocycles. The van der Waals surface area contributed by atoms with Crippen molar-refractivity contribution in [1.82, 2.24) is 14.6 Å². The fourth-order valence-electron chi connectivity index (χ4n) is 4.59. The Morgan fingerprint density at radius 1 is 1.27 bits per heavy atom. The lowest BCUT2D eigenvalue weighted by atomic mass is 9.81. The SMILES string of the molecule is CC(C)(C)CC(C)(C)Nc1c(C2CCCCC2)nc2c(C(N)=O)c[nH]n12. The van der Waals surface area contributed by atoms with Crippen LogP contribution in [0.3, 0.4) is 0 Å². The van der Waals surface area contributed by atoms with Crippen molar-refractivity contribution in [3.8, 4) is 0 Å². The van der Waals surface area contributed by atoms with Crippen molar-refractivity contribution in [2.75, 3.05) is 5.32 Å². The molecule has 0 aromatic carbocycles. The van der Waals surface area contributed by atoms with Crippen LogP contribution in [-0.4, -0.2) is 26.0 Å². The number of hydrogen-bond acceptors (Lipinski definition) is 3. The van der Waals surface area contributed by atoms with Crippen molar-refractivity contribution in [2.24, 2.45) is 11.1 Å². The van der Waals surface area contributed by atoms with Crippen molar-refractivity contribution < 1.29 is 4.79 Å². The number of nitrogens with zero attached hydrogens (tertiary/aromatic N) is 2. The lowest BCUT2D eigenvalue weighted by molar-refractivity contribution is 0.100. The van der Waals surface area contributed by atoms with Crippen LogP contribution in [0, 0.1) is 5.41 Å². The molecular formula is C20H33N5O. The number of carbonyl (C=O) groups excluding carboxylic acids is 1. The van der Waals surface area contributed by atoms with E-state index in [9.17, 15) is 4.79 Å². The molecule has 0 atom stereocenters. The van der Waals surface area contributed by atoms with Gasteiger partial charge in [-0.15, -0.1) is 0 Å². The van der Waals surface area contributed by atoms with E-state index >= 15 is 0 Å². The van der Waals surface area contributed by atoms with Gasteiger partial charge >= 0.3 is 0 Å². The van der Waals surface area contributed by atoms with Gasteiger partial charge in [-0.05, 0) is 38.5 Å². The van der Waals surface area contributed by atoms with Gasteiger partial charge in [0.25, 0.3) is 5.91 Å². The van der Waals surface area contributed by atoms with Crippen molar-refractivity contribution in [3.05, 3.63) is 17.5 Å². The predicted octanol–water partition coefficient (Wildman–Crippen LogP) is 4.44. The van der Waals surface area contributed by atoms with Gasteiger partial charge in [0.05, 0.1) is 5.69 Å². The Morgan fingerprint density at radius 2 is 1.92 bits per heavy atom. The maximum atomic E-state index is 11.8. The molecule has 2 aromatic heterocycles. The molecule has 6 heteroatoms. The van der Waals surface area contributed by atoms with E-state index in [1.165, 1.54) is 19.3 Å². The van der Waals surface area contributed by atoms with E-state index in [0.29, 0.717) is 17.1 Å². The first-order chi connectivity index (χ1) is 12.1. The van der Waals surface area contributed by atoms with Crippen LogP contribution in [-0.2, 0) is 0 Å². The molecule has 3 rings (SSSR count). The highest BCUT2D eigenvalue weighted by atomic mass is 16.1. The second-order valence-electron chi connectivity index (χ2n) is 9.64. The Morgan fingerprint density at radius 3 is 2.50 bits per heavy atom. The average molecular weight is 360 g/mol. The molecule has 26 heavy (non-hydrogen) atoms. The van der Waals surface area contributed by atoms with Gasteiger partial charge in [0, 0.05) is 17.7 Å². The third kappa shape index (κ3) is 3.89. The number of nitrogens with one attached hydrogen (secondary N) is 2. The highest BCUT2D eigenvalue weighted by Crippen LogP contribution is 2.39. The number of fused-ring (bicyclic) bond motifs is 1. The Kier molecular flexibility index (Phi) is 4.80. The third-order valence-corrected chi connectivity index (χ3v) is 5.17. The van der Waals surface area contributed by atoms with E-state index in [-0.39, 0.29) is 11.0 Å². The van der Waals surface area contributed by atoms with Gasteiger partial charge < -0.3 is 11.1 Å². The van der Waals surface area contributed by atoms with Crippen LogP contribution >= 0.6 is 0 Å². The van der Waals surface area contributed by atoms with Crippen LogP contribution in [0.15, 0.2) is 6.20 Å². The molecule has 6 nitrogen and oxygen atoms in total.